The van der Waals surface area contributed by atoms with E-state index in [1.807, 2.05) is 38.1 Å². The van der Waals surface area contributed by atoms with Crippen molar-refractivity contribution in [3.8, 4) is 0 Å². The Morgan fingerprint density at radius 1 is 1.27 bits per heavy atom. The van der Waals surface area contributed by atoms with Gasteiger partial charge in [-0.25, -0.2) is 4.39 Å². The molecule has 2 rings (SSSR count). The minimum Gasteiger partial charge on any atom is -0.346 e. The minimum atomic E-state index is -0.362. The average Bonchev–Trinajstić information content (AvgIpc) is 2.48. The molecule has 0 spiro atoms. The van der Waals surface area contributed by atoms with Gasteiger partial charge in [0.2, 0.25) is 5.91 Å². The monoisotopic (exact) mass is 361 g/mol. The third-order valence-electron chi connectivity index (χ3n) is 3.39. The third-order valence-corrected chi connectivity index (χ3v) is 3.88. The van der Waals surface area contributed by atoms with Gasteiger partial charge in [0.15, 0.2) is 0 Å². The summed E-state index contributed by atoms with van der Waals surface area (Å²) in [6, 6.07) is 12.4. The first-order valence-corrected chi connectivity index (χ1v) is 7.76. The van der Waals surface area contributed by atoms with Gasteiger partial charge in [0.25, 0.3) is 0 Å². The van der Waals surface area contributed by atoms with Crippen LogP contribution in [0.4, 0.5) is 4.39 Å². The zero-order valence-corrected chi connectivity index (χ0v) is 14.0. The van der Waals surface area contributed by atoms with Crippen molar-refractivity contribution in [1.82, 2.24) is 5.32 Å². The van der Waals surface area contributed by atoms with Crippen LogP contribution < -0.4 is 5.32 Å². The van der Waals surface area contributed by atoms with Crippen molar-refractivity contribution in [2.24, 2.45) is 0 Å². The molecule has 2 nitrogen and oxygen atoms in total. The number of hydrogen-bond donors (Lipinski definition) is 1. The molecule has 1 N–H and O–H groups in total. The molecule has 4 heteroatoms. The highest BCUT2D eigenvalue weighted by Gasteiger charge is 2.09. The van der Waals surface area contributed by atoms with Crippen LogP contribution in [-0.4, -0.2) is 5.91 Å². The maximum Gasteiger partial charge on any atom is 0.244 e. The van der Waals surface area contributed by atoms with Crippen molar-refractivity contribution < 1.29 is 9.18 Å². The maximum atomic E-state index is 13.6. The molecule has 0 aliphatic rings. The predicted molar refractivity (Wildman–Crippen MR) is 90.9 cm³/mol. The number of hydrogen-bond acceptors (Lipinski definition) is 1. The molecule has 0 aliphatic heterocycles. The van der Waals surface area contributed by atoms with Crippen molar-refractivity contribution >= 4 is 27.9 Å². The minimum absolute atomic E-state index is 0.106. The topological polar surface area (TPSA) is 29.1 Å². The van der Waals surface area contributed by atoms with E-state index in [-0.39, 0.29) is 17.8 Å². The van der Waals surface area contributed by atoms with Crippen LogP contribution in [0.1, 0.15) is 29.7 Å². The highest BCUT2D eigenvalue weighted by molar-refractivity contribution is 9.10. The van der Waals surface area contributed by atoms with Crippen LogP contribution in [0.3, 0.4) is 0 Å². The van der Waals surface area contributed by atoms with Crippen molar-refractivity contribution in [3.63, 3.8) is 0 Å². The highest BCUT2D eigenvalue weighted by Crippen LogP contribution is 2.18. The lowest BCUT2D eigenvalue weighted by atomic mass is 10.0. The number of benzene rings is 2. The SMILES string of the molecule is Cc1ccccc1C(C)NC(=O)/C=C/c1cc(Br)ccc1F. The largest absolute Gasteiger partial charge is 0.346 e. The molecule has 0 aliphatic carbocycles. The van der Waals surface area contributed by atoms with Gasteiger partial charge in [-0.15, -0.1) is 0 Å². The molecule has 0 radical (unpaired) electrons. The van der Waals surface area contributed by atoms with E-state index in [4.69, 9.17) is 0 Å². The Balaban J connectivity index is 2.05. The maximum absolute atomic E-state index is 13.6. The molecule has 0 fully saturated rings. The van der Waals surface area contributed by atoms with Crippen LogP contribution in [0.2, 0.25) is 0 Å². The van der Waals surface area contributed by atoms with E-state index in [0.717, 1.165) is 15.6 Å². The first-order valence-electron chi connectivity index (χ1n) is 6.96. The molecule has 114 valence electrons. The summed E-state index contributed by atoms with van der Waals surface area (Å²) in [5.41, 5.74) is 2.56. The molecular weight excluding hydrogens is 345 g/mol. The van der Waals surface area contributed by atoms with Crippen molar-refractivity contribution in [3.05, 3.63) is 75.5 Å². The lowest BCUT2D eigenvalue weighted by molar-refractivity contribution is -0.117. The number of nitrogens with one attached hydrogen (secondary N) is 1. The number of carbonyl (C=O) groups is 1. The molecule has 1 amide bonds. The zero-order valence-electron chi connectivity index (χ0n) is 12.4. The smallest absolute Gasteiger partial charge is 0.244 e. The van der Waals surface area contributed by atoms with Gasteiger partial charge in [-0.05, 0) is 49.2 Å². The van der Waals surface area contributed by atoms with Crippen LogP contribution in [-0.2, 0) is 4.79 Å². The fourth-order valence-corrected chi connectivity index (χ4v) is 2.60. The first kappa shape index (κ1) is 16.4. The molecule has 0 bridgehead atoms. The summed E-state index contributed by atoms with van der Waals surface area (Å²) in [4.78, 5) is 12.0. The second kappa shape index (κ2) is 7.36. The van der Waals surface area contributed by atoms with Gasteiger partial charge in [-0.1, -0.05) is 40.2 Å². The van der Waals surface area contributed by atoms with E-state index in [0.29, 0.717) is 5.56 Å². The first-order chi connectivity index (χ1) is 10.5. The fraction of sp³-hybridized carbons (Fsp3) is 0.167. The van der Waals surface area contributed by atoms with Crippen molar-refractivity contribution in [1.29, 1.82) is 0 Å². The van der Waals surface area contributed by atoms with Gasteiger partial charge in [0, 0.05) is 16.1 Å². The van der Waals surface area contributed by atoms with Gasteiger partial charge < -0.3 is 5.32 Å². The highest BCUT2D eigenvalue weighted by atomic mass is 79.9. The van der Waals surface area contributed by atoms with Crippen LogP contribution >= 0.6 is 15.9 Å². The zero-order chi connectivity index (χ0) is 16.1. The molecule has 0 aromatic heterocycles. The molecule has 1 atom stereocenters. The van der Waals surface area contributed by atoms with Crippen LogP contribution in [0.25, 0.3) is 6.08 Å². The summed E-state index contributed by atoms with van der Waals surface area (Å²) in [5, 5.41) is 2.88. The number of amides is 1. The Kier molecular flexibility index (Phi) is 5.50. The molecular formula is C18H17BrFNO. The standard InChI is InChI=1S/C18H17BrFNO/c1-12-5-3-4-6-16(12)13(2)21-18(22)10-7-14-11-15(19)8-9-17(14)20/h3-11,13H,1-2H3,(H,21,22)/b10-7+. The van der Waals surface area contributed by atoms with Gasteiger partial charge in [-0.2, -0.15) is 0 Å². The molecule has 0 saturated heterocycles. The van der Waals surface area contributed by atoms with Gasteiger partial charge in [0.1, 0.15) is 5.82 Å². The van der Waals surface area contributed by atoms with E-state index < -0.39 is 0 Å². The summed E-state index contributed by atoms with van der Waals surface area (Å²) in [6.07, 6.45) is 2.82. The van der Waals surface area contributed by atoms with Crippen molar-refractivity contribution in [2.75, 3.05) is 0 Å². The number of rotatable bonds is 4. The van der Waals surface area contributed by atoms with Gasteiger partial charge in [-0.3, -0.25) is 4.79 Å². The lowest BCUT2D eigenvalue weighted by Crippen LogP contribution is -2.25. The molecule has 0 heterocycles. The third kappa shape index (κ3) is 4.28. The average molecular weight is 362 g/mol. The normalized spacial score (nSPS) is 12.4. The summed E-state index contributed by atoms with van der Waals surface area (Å²) in [6.45, 7) is 3.93. The molecule has 2 aromatic rings. The second-order valence-corrected chi connectivity index (χ2v) is 6.00. The number of aryl methyl sites for hydroxylation is 1. The molecule has 22 heavy (non-hydrogen) atoms. The number of halogens is 2. The predicted octanol–water partition coefficient (Wildman–Crippen LogP) is 4.79. The van der Waals surface area contributed by atoms with E-state index in [1.165, 1.54) is 18.2 Å². The molecule has 2 aromatic carbocycles. The van der Waals surface area contributed by atoms with Crippen LogP contribution in [0, 0.1) is 12.7 Å². The Labute approximate surface area is 138 Å². The Hall–Kier alpha value is -1.94. The Bertz CT molecular complexity index is 712. The van der Waals surface area contributed by atoms with Crippen LogP contribution in [0.5, 0.6) is 0 Å². The summed E-state index contributed by atoms with van der Waals surface area (Å²) >= 11 is 3.28. The Morgan fingerprint density at radius 3 is 2.73 bits per heavy atom. The van der Waals surface area contributed by atoms with Gasteiger partial charge in [0.05, 0.1) is 6.04 Å². The number of carbonyl (C=O) groups excluding carboxylic acids is 1. The van der Waals surface area contributed by atoms with E-state index in [9.17, 15) is 9.18 Å². The van der Waals surface area contributed by atoms with Crippen LogP contribution in [0.15, 0.2) is 53.0 Å². The quantitative estimate of drug-likeness (QED) is 0.779. The summed E-state index contributed by atoms with van der Waals surface area (Å²) in [5.74, 6) is -0.616. The van der Waals surface area contributed by atoms with E-state index >= 15 is 0 Å². The van der Waals surface area contributed by atoms with Crippen molar-refractivity contribution in [2.45, 2.75) is 19.9 Å². The molecule has 0 saturated carbocycles. The Morgan fingerprint density at radius 2 is 2.00 bits per heavy atom. The van der Waals surface area contributed by atoms with E-state index in [1.54, 1.807) is 12.1 Å². The lowest BCUT2D eigenvalue weighted by Gasteiger charge is -2.15. The van der Waals surface area contributed by atoms with Gasteiger partial charge >= 0.3 is 0 Å². The summed E-state index contributed by atoms with van der Waals surface area (Å²) in [7, 11) is 0. The summed E-state index contributed by atoms with van der Waals surface area (Å²) < 4.78 is 14.4. The van der Waals surface area contributed by atoms with E-state index in [2.05, 4.69) is 21.2 Å². The fourth-order valence-electron chi connectivity index (χ4n) is 2.22. The second-order valence-electron chi connectivity index (χ2n) is 5.09. The molecule has 1 unspecified atom stereocenters.